The predicted molar refractivity (Wildman–Crippen MR) is 77.4 cm³/mol. The Labute approximate surface area is 118 Å². The van der Waals surface area contributed by atoms with E-state index in [1.807, 2.05) is 6.92 Å². The molecule has 2 rings (SSSR count). The molecule has 0 aliphatic rings. The fraction of sp³-hybridized carbons (Fsp3) is 0.167. The molecule has 2 aromatic rings. The van der Waals surface area contributed by atoms with Crippen molar-refractivity contribution in [2.24, 2.45) is 0 Å². The Balaban J connectivity index is 2.44. The Bertz CT molecular complexity index is 575. The number of anilines is 1. The molecule has 18 heavy (non-hydrogen) atoms. The summed E-state index contributed by atoms with van der Waals surface area (Å²) in [5, 5.41) is 9.62. The van der Waals surface area contributed by atoms with E-state index >= 15 is 0 Å². The Morgan fingerprint density at radius 2 is 2.22 bits per heavy atom. The normalized spacial score (nSPS) is 10.3. The molecule has 1 heterocycles. The summed E-state index contributed by atoms with van der Waals surface area (Å²) in [7, 11) is 0. The highest BCUT2D eigenvalue weighted by Gasteiger charge is 2.08. The van der Waals surface area contributed by atoms with E-state index in [1.54, 1.807) is 24.4 Å². The van der Waals surface area contributed by atoms with Gasteiger partial charge in [-0.3, -0.25) is 0 Å². The van der Waals surface area contributed by atoms with Gasteiger partial charge in [0, 0.05) is 11.8 Å². The summed E-state index contributed by atoms with van der Waals surface area (Å²) in [5.74, 6) is 1.45. The van der Waals surface area contributed by atoms with Crippen molar-refractivity contribution in [1.82, 2.24) is 9.97 Å². The molecular formula is C12H12IN3O2. The van der Waals surface area contributed by atoms with Crippen LogP contribution in [0.4, 0.5) is 5.82 Å². The standard InChI is InChI=1S/C12H12IN3O2/c1-2-18-10-5-7(3-4-9(10)17)12-15-6-8(13)11(14)16-12/h3-6,17H,2H2,1H3,(H2,14,15,16). The van der Waals surface area contributed by atoms with Crippen LogP contribution in [-0.2, 0) is 0 Å². The van der Waals surface area contributed by atoms with Crippen LogP contribution in [0, 0.1) is 3.57 Å². The van der Waals surface area contributed by atoms with Crippen molar-refractivity contribution in [2.45, 2.75) is 6.92 Å². The van der Waals surface area contributed by atoms with Crippen LogP contribution in [-0.4, -0.2) is 21.7 Å². The van der Waals surface area contributed by atoms with Gasteiger partial charge in [0.1, 0.15) is 5.82 Å². The van der Waals surface area contributed by atoms with Gasteiger partial charge in [0.05, 0.1) is 10.2 Å². The lowest BCUT2D eigenvalue weighted by atomic mass is 10.2. The molecule has 5 nitrogen and oxygen atoms in total. The van der Waals surface area contributed by atoms with Gasteiger partial charge in [0.2, 0.25) is 0 Å². The lowest BCUT2D eigenvalue weighted by Gasteiger charge is -2.08. The number of hydrogen-bond acceptors (Lipinski definition) is 5. The highest BCUT2D eigenvalue weighted by Crippen LogP contribution is 2.30. The Kier molecular flexibility index (Phi) is 3.85. The molecule has 0 saturated carbocycles. The van der Waals surface area contributed by atoms with E-state index in [-0.39, 0.29) is 5.75 Å². The maximum atomic E-state index is 9.62. The second kappa shape index (κ2) is 5.38. The van der Waals surface area contributed by atoms with Gasteiger partial charge in [0.15, 0.2) is 17.3 Å². The molecule has 94 valence electrons. The van der Waals surface area contributed by atoms with Crippen molar-refractivity contribution in [3.05, 3.63) is 28.0 Å². The van der Waals surface area contributed by atoms with Crippen LogP contribution < -0.4 is 10.5 Å². The van der Waals surface area contributed by atoms with Crippen molar-refractivity contribution in [3.63, 3.8) is 0 Å². The van der Waals surface area contributed by atoms with Crippen LogP contribution >= 0.6 is 22.6 Å². The minimum atomic E-state index is 0.0964. The van der Waals surface area contributed by atoms with Crippen LogP contribution in [0.25, 0.3) is 11.4 Å². The lowest BCUT2D eigenvalue weighted by Crippen LogP contribution is -1.99. The van der Waals surface area contributed by atoms with E-state index < -0.39 is 0 Å². The van der Waals surface area contributed by atoms with Crippen molar-refractivity contribution < 1.29 is 9.84 Å². The van der Waals surface area contributed by atoms with E-state index in [2.05, 4.69) is 32.6 Å². The number of nitrogen functional groups attached to an aromatic ring is 1. The number of benzene rings is 1. The van der Waals surface area contributed by atoms with Gasteiger partial charge in [-0.2, -0.15) is 0 Å². The van der Waals surface area contributed by atoms with E-state index in [0.29, 0.717) is 24.0 Å². The fourth-order valence-electron chi connectivity index (χ4n) is 1.44. The van der Waals surface area contributed by atoms with Gasteiger partial charge >= 0.3 is 0 Å². The number of aromatic nitrogens is 2. The molecule has 0 bridgehead atoms. The topological polar surface area (TPSA) is 81.3 Å². The zero-order chi connectivity index (χ0) is 13.1. The van der Waals surface area contributed by atoms with Crippen molar-refractivity contribution in [3.8, 4) is 22.9 Å². The molecule has 1 aromatic carbocycles. The monoisotopic (exact) mass is 357 g/mol. The van der Waals surface area contributed by atoms with E-state index in [4.69, 9.17) is 10.5 Å². The quantitative estimate of drug-likeness (QED) is 0.825. The van der Waals surface area contributed by atoms with Crippen LogP contribution in [0.5, 0.6) is 11.5 Å². The number of phenolic OH excluding ortho intramolecular Hbond substituents is 1. The molecule has 0 spiro atoms. The van der Waals surface area contributed by atoms with Gasteiger partial charge in [0.25, 0.3) is 0 Å². The zero-order valence-corrected chi connectivity index (χ0v) is 11.9. The molecule has 0 amide bonds. The first-order chi connectivity index (χ1) is 8.61. The van der Waals surface area contributed by atoms with Gasteiger partial charge in [-0.05, 0) is 47.7 Å². The molecule has 0 unspecified atom stereocenters. The van der Waals surface area contributed by atoms with Crippen LogP contribution in [0.15, 0.2) is 24.4 Å². The largest absolute Gasteiger partial charge is 0.504 e. The highest BCUT2D eigenvalue weighted by molar-refractivity contribution is 14.1. The Hall–Kier alpha value is -1.57. The summed E-state index contributed by atoms with van der Waals surface area (Å²) in [6, 6.07) is 4.97. The molecule has 0 atom stereocenters. The minimum Gasteiger partial charge on any atom is -0.504 e. The molecule has 6 heteroatoms. The molecule has 0 fully saturated rings. The number of phenols is 1. The maximum absolute atomic E-state index is 9.62. The van der Waals surface area contributed by atoms with Crippen LogP contribution in [0.1, 0.15) is 6.92 Å². The third-order valence-corrected chi connectivity index (χ3v) is 3.12. The molecular weight excluding hydrogens is 345 g/mol. The van der Waals surface area contributed by atoms with Gasteiger partial charge in [-0.25, -0.2) is 9.97 Å². The van der Waals surface area contributed by atoms with Gasteiger partial charge in [-0.1, -0.05) is 0 Å². The molecule has 0 saturated heterocycles. The van der Waals surface area contributed by atoms with Crippen LogP contribution in [0.2, 0.25) is 0 Å². The SMILES string of the molecule is CCOc1cc(-c2ncc(I)c(N)n2)ccc1O. The predicted octanol–water partition coefficient (Wildman–Crippen LogP) is 2.43. The second-order valence-corrected chi connectivity index (χ2v) is 4.70. The van der Waals surface area contributed by atoms with E-state index in [9.17, 15) is 5.11 Å². The summed E-state index contributed by atoms with van der Waals surface area (Å²) >= 11 is 2.07. The number of halogens is 1. The fourth-order valence-corrected chi connectivity index (χ4v) is 1.70. The first-order valence-corrected chi connectivity index (χ1v) is 6.44. The number of rotatable bonds is 3. The minimum absolute atomic E-state index is 0.0964. The van der Waals surface area contributed by atoms with Gasteiger partial charge < -0.3 is 15.6 Å². The zero-order valence-electron chi connectivity index (χ0n) is 9.72. The number of aromatic hydroxyl groups is 1. The summed E-state index contributed by atoms with van der Waals surface area (Å²) in [4.78, 5) is 8.40. The summed E-state index contributed by atoms with van der Waals surface area (Å²) in [5.41, 5.74) is 6.49. The van der Waals surface area contributed by atoms with Gasteiger partial charge in [-0.15, -0.1) is 0 Å². The lowest BCUT2D eigenvalue weighted by molar-refractivity contribution is 0.318. The maximum Gasteiger partial charge on any atom is 0.161 e. The number of nitrogens with two attached hydrogens (primary N) is 1. The average molecular weight is 357 g/mol. The second-order valence-electron chi connectivity index (χ2n) is 3.54. The highest BCUT2D eigenvalue weighted by atomic mass is 127. The number of hydrogen-bond donors (Lipinski definition) is 2. The number of ether oxygens (including phenoxy) is 1. The third kappa shape index (κ3) is 2.63. The smallest absolute Gasteiger partial charge is 0.161 e. The average Bonchev–Trinajstić information content (AvgIpc) is 2.36. The molecule has 0 aliphatic heterocycles. The summed E-state index contributed by atoms with van der Waals surface area (Å²) in [6.45, 7) is 2.33. The Morgan fingerprint density at radius 3 is 2.89 bits per heavy atom. The third-order valence-electron chi connectivity index (χ3n) is 2.29. The molecule has 1 aromatic heterocycles. The van der Waals surface area contributed by atoms with E-state index in [1.165, 1.54) is 0 Å². The first kappa shape index (κ1) is 12.9. The first-order valence-electron chi connectivity index (χ1n) is 5.36. The Morgan fingerprint density at radius 1 is 1.44 bits per heavy atom. The van der Waals surface area contributed by atoms with E-state index in [0.717, 1.165) is 9.13 Å². The van der Waals surface area contributed by atoms with Crippen molar-refractivity contribution in [2.75, 3.05) is 12.3 Å². The summed E-state index contributed by atoms with van der Waals surface area (Å²) in [6.07, 6.45) is 1.66. The summed E-state index contributed by atoms with van der Waals surface area (Å²) < 4.78 is 6.12. The number of nitrogens with zero attached hydrogens (tertiary/aromatic N) is 2. The molecule has 3 N–H and O–H groups in total. The molecule has 0 radical (unpaired) electrons. The van der Waals surface area contributed by atoms with Crippen molar-refractivity contribution in [1.29, 1.82) is 0 Å². The molecule has 0 aliphatic carbocycles. The van der Waals surface area contributed by atoms with Crippen LogP contribution in [0.3, 0.4) is 0 Å². The van der Waals surface area contributed by atoms with Crippen molar-refractivity contribution >= 4 is 28.4 Å².